The predicted molar refractivity (Wildman–Crippen MR) is 360 cm³/mol. The number of aromatic hydroxyl groups is 1. The number of hydrogen-bond acceptors (Lipinski definition) is 21. The highest BCUT2D eigenvalue weighted by molar-refractivity contribution is 6.04. The molecule has 0 bridgehead atoms. The zero-order valence-electron chi connectivity index (χ0n) is 56.0. The molecule has 13 atom stereocenters. The number of aliphatic hydroxyl groups is 2. The molecule has 13 unspecified atom stereocenters. The minimum Gasteiger partial charge on any atom is -0.508 e. The monoisotopic (exact) mass is 1450 g/mol. The first-order chi connectivity index (χ1) is 49.3. The molecule has 0 saturated carbocycles. The molecule has 2 aliphatic heterocycles. The van der Waals surface area contributed by atoms with Gasteiger partial charge in [-0.1, -0.05) is 68.5 Å². The van der Waals surface area contributed by atoms with Gasteiger partial charge in [0, 0.05) is 58.3 Å². The van der Waals surface area contributed by atoms with Crippen LogP contribution in [0.5, 0.6) is 5.75 Å². The molecule has 2 fully saturated rings. The molecule has 5 aromatic rings. The van der Waals surface area contributed by atoms with Crippen molar-refractivity contribution < 1.29 is 117 Å². The van der Waals surface area contributed by atoms with Gasteiger partial charge in [-0.15, -0.1) is 0 Å². The van der Waals surface area contributed by atoms with Crippen LogP contribution in [0.15, 0.2) is 103 Å². The molecule has 37 nitrogen and oxygen atoms in total. The van der Waals surface area contributed by atoms with Gasteiger partial charge in [-0.05, 0) is 68.2 Å². The number of esters is 1. The molecular formula is C67H79N13O24. The molecule has 2 aliphatic rings. The Balaban J connectivity index is 1.36. The van der Waals surface area contributed by atoms with Crippen molar-refractivity contribution in [1.29, 1.82) is 0 Å². The number of H-pyrrole nitrogens is 2. The van der Waals surface area contributed by atoms with Gasteiger partial charge in [0.05, 0.1) is 44.6 Å². The van der Waals surface area contributed by atoms with Gasteiger partial charge in [0.1, 0.15) is 71.9 Å². The van der Waals surface area contributed by atoms with E-state index in [1.807, 2.05) is 6.92 Å². The number of aromatic nitrogens is 2. The minimum absolute atomic E-state index is 0.171. The second-order valence-electron chi connectivity index (χ2n) is 24.4. The van der Waals surface area contributed by atoms with E-state index < -0.39 is 225 Å². The highest BCUT2D eigenvalue weighted by Crippen LogP contribution is 2.27. The number of hydrogen-bond donors (Lipinski definition) is 20. The van der Waals surface area contributed by atoms with Crippen LogP contribution >= 0.6 is 0 Å². The van der Waals surface area contributed by atoms with E-state index in [0.717, 1.165) is 44.2 Å². The van der Waals surface area contributed by atoms with Crippen LogP contribution < -0.4 is 58.5 Å². The van der Waals surface area contributed by atoms with Gasteiger partial charge in [-0.2, -0.15) is 0 Å². The topological polar surface area (TPSA) is 583 Å². The number of aliphatic hydroxyl groups excluding tert-OH is 2. The van der Waals surface area contributed by atoms with Crippen molar-refractivity contribution in [3.05, 3.63) is 120 Å². The van der Waals surface area contributed by atoms with Gasteiger partial charge < -0.3 is 114 Å². The number of aromatic amines is 2. The van der Waals surface area contributed by atoms with E-state index >= 15 is 9.59 Å². The number of rotatable bonds is 21. The molecular weight excluding hydrogens is 1370 g/mol. The maximum atomic E-state index is 15.3. The first kappa shape index (κ1) is 79.1. The number of cyclic esters (lactones) is 1. The summed E-state index contributed by atoms with van der Waals surface area (Å²) in [5, 5.41) is 97.7. The Kier molecular flexibility index (Phi) is 27.7. The van der Waals surface area contributed by atoms with E-state index in [1.165, 1.54) is 12.4 Å². The number of ether oxygens (including phenoxy) is 2. The van der Waals surface area contributed by atoms with E-state index in [-0.39, 0.29) is 28.1 Å². The Morgan fingerprint density at radius 3 is 1.78 bits per heavy atom. The summed E-state index contributed by atoms with van der Waals surface area (Å²) in [6.45, 7) is 5.83. The fraction of sp³-hybridized carbons (Fsp3) is 0.388. The number of phenols is 1. The van der Waals surface area contributed by atoms with Gasteiger partial charge in [-0.25, -0.2) is 4.79 Å². The summed E-state index contributed by atoms with van der Waals surface area (Å²) in [5.41, 5.74) is 0.0417. The van der Waals surface area contributed by atoms with Crippen LogP contribution in [-0.2, 0) is 87.8 Å². The normalized spacial score (nSPS) is 24.2. The number of carboxylic acids is 4. The van der Waals surface area contributed by atoms with E-state index in [9.17, 15) is 98.1 Å². The van der Waals surface area contributed by atoms with Crippen LogP contribution in [-0.4, -0.2) is 221 Å². The molecule has 556 valence electrons. The SMILES string of the molecule is C=C1CNC(=O)C(CC(=O)O)NC(=O)C(c2ccc(O)cc2)NC(=O)C(CC(=O)O)NC(=O)C(CC(=O)O)NC(=O)C(Cc2c[nH]c3ccccc23)NC(=O)C(NC(=O)C(CO)NC(=O)C2OC2CCC)C(C)OC(=O)C(=Cc2c[nH]c3ccccc23)NC(=O)C(CCC(=O)O)NC(=O)C(C(C)O)N1. The van der Waals surface area contributed by atoms with Crippen molar-refractivity contribution in [3.8, 4) is 5.75 Å². The Labute approximate surface area is 590 Å². The summed E-state index contributed by atoms with van der Waals surface area (Å²) in [6.07, 6.45) is -6.39. The molecule has 2 saturated heterocycles. The zero-order valence-corrected chi connectivity index (χ0v) is 56.0. The maximum Gasteiger partial charge on any atom is 0.355 e. The lowest BCUT2D eigenvalue weighted by Crippen LogP contribution is -2.62. The van der Waals surface area contributed by atoms with Crippen LogP contribution in [0.2, 0.25) is 0 Å². The van der Waals surface area contributed by atoms with Gasteiger partial charge in [-0.3, -0.25) is 67.1 Å². The third-order valence-corrected chi connectivity index (χ3v) is 16.4. The Hall–Kier alpha value is -12.3. The van der Waals surface area contributed by atoms with Crippen LogP contribution in [0.25, 0.3) is 27.9 Å². The smallest absolute Gasteiger partial charge is 0.355 e. The summed E-state index contributed by atoms with van der Waals surface area (Å²) in [7, 11) is 0. The van der Waals surface area contributed by atoms with Crippen molar-refractivity contribution >= 4 is 117 Å². The van der Waals surface area contributed by atoms with E-state index in [0.29, 0.717) is 34.6 Å². The summed E-state index contributed by atoms with van der Waals surface area (Å²) in [6, 6.07) is -1.44. The Morgan fingerprint density at radius 1 is 0.635 bits per heavy atom. The lowest BCUT2D eigenvalue weighted by atomic mass is 10.0. The average molecular weight is 1450 g/mol. The quantitative estimate of drug-likeness (QED) is 0.0199. The van der Waals surface area contributed by atoms with Crippen LogP contribution in [0.1, 0.15) is 88.4 Å². The first-order valence-corrected chi connectivity index (χ1v) is 32.4. The summed E-state index contributed by atoms with van der Waals surface area (Å²) >= 11 is 0. The van der Waals surface area contributed by atoms with Crippen molar-refractivity contribution in [2.75, 3.05) is 13.2 Å². The largest absolute Gasteiger partial charge is 0.508 e. The number of epoxide rings is 1. The molecule has 37 heteroatoms. The van der Waals surface area contributed by atoms with Crippen molar-refractivity contribution in [1.82, 2.24) is 68.5 Å². The van der Waals surface area contributed by atoms with Crippen LogP contribution in [0.4, 0.5) is 0 Å². The number of amides is 10. The van der Waals surface area contributed by atoms with E-state index in [2.05, 4.69) is 75.0 Å². The third-order valence-electron chi connectivity index (χ3n) is 16.4. The molecule has 10 amide bonds. The molecule has 7 rings (SSSR count). The molecule has 3 aromatic carbocycles. The standard InChI is InChI=1S/C67H79N13O24/c1-5-10-48-56(104-48)66(101)78-47(29-81)62(97)79-54-32(4)103-67(102)46(22-35-28-69-40-14-9-7-12-38(35)40)77-58(93)41(19-20-49(84)85)72-63(98)53(31(3)82)71-30(2)26-70-57(92)43(23-50(86)87)76-65(100)55(33-15-17-36(83)18-16-33)80-61(96)45(25-52(90)91)74-60(95)44(24-51(88)89)73-59(94)42(75-64(54)99)21-34-27-68-39-13-8-6-11-37(34)39/h6-9,11-18,22,27-28,31-32,41-45,47-48,53-56,68-69,71,81-83H,2,5,10,19-21,23-26,29H2,1,3-4H3,(H,70,92)(H,72,98)(H,73,94)(H,74,95)(H,75,99)(H,76,100)(H,77,93)(H,78,101)(H,79,97)(H,80,96)(H,84,85)(H,86,87)(H,88,89)(H,90,91). The molecule has 20 N–H and O–H groups in total. The lowest BCUT2D eigenvalue weighted by molar-refractivity contribution is -0.150. The Morgan fingerprint density at radius 2 is 1.18 bits per heavy atom. The van der Waals surface area contributed by atoms with Crippen molar-refractivity contribution in [2.24, 2.45) is 0 Å². The van der Waals surface area contributed by atoms with Crippen LogP contribution in [0, 0.1) is 0 Å². The Bertz CT molecular complexity index is 4130. The van der Waals surface area contributed by atoms with Gasteiger partial charge in [0.15, 0.2) is 6.10 Å². The first-order valence-electron chi connectivity index (χ1n) is 32.4. The number of fused-ring (bicyclic) bond motifs is 2. The van der Waals surface area contributed by atoms with Crippen LogP contribution in [0.3, 0.4) is 0 Å². The van der Waals surface area contributed by atoms with Gasteiger partial charge in [0.25, 0.3) is 5.91 Å². The molecule has 0 spiro atoms. The van der Waals surface area contributed by atoms with E-state index in [1.54, 1.807) is 48.5 Å². The summed E-state index contributed by atoms with van der Waals surface area (Å²) in [4.78, 5) is 214. The lowest BCUT2D eigenvalue weighted by Gasteiger charge is -2.29. The fourth-order valence-electron chi connectivity index (χ4n) is 11.0. The molecule has 2 aromatic heterocycles. The number of carbonyl (C=O) groups excluding carboxylic acids is 11. The molecule has 4 heterocycles. The van der Waals surface area contributed by atoms with Crippen molar-refractivity contribution in [3.63, 3.8) is 0 Å². The molecule has 104 heavy (non-hydrogen) atoms. The number of benzene rings is 3. The average Bonchev–Trinajstić information content (AvgIpc) is 1.59. The second-order valence-corrected chi connectivity index (χ2v) is 24.4. The van der Waals surface area contributed by atoms with Gasteiger partial charge in [0.2, 0.25) is 53.2 Å². The number of carbonyl (C=O) groups is 15. The predicted octanol–water partition coefficient (Wildman–Crippen LogP) is -2.93. The highest BCUT2D eigenvalue weighted by atomic mass is 16.6. The summed E-state index contributed by atoms with van der Waals surface area (Å²) < 4.78 is 11.3. The third kappa shape index (κ3) is 22.1. The second kappa shape index (κ2) is 36.4. The zero-order chi connectivity index (χ0) is 76.2. The molecule has 0 aliphatic carbocycles. The number of aliphatic carboxylic acids is 4. The number of phenolic OH excluding ortho intramolecular Hbond substituents is 1. The van der Waals surface area contributed by atoms with Crippen molar-refractivity contribution in [2.45, 2.75) is 151 Å². The molecule has 0 radical (unpaired) electrons. The van der Waals surface area contributed by atoms with Gasteiger partial charge >= 0.3 is 29.8 Å². The number of para-hydroxylation sites is 2. The minimum atomic E-state index is -2.31. The summed E-state index contributed by atoms with van der Waals surface area (Å²) in [5.74, 6) is -22.0. The fourth-order valence-corrected chi connectivity index (χ4v) is 11.0. The highest BCUT2D eigenvalue weighted by Gasteiger charge is 2.46. The number of carboxylic acid groups (broad SMARTS) is 4. The maximum absolute atomic E-state index is 15.3. The number of nitrogens with one attached hydrogen (secondary N) is 13. The van der Waals surface area contributed by atoms with E-state index in [4.69, 9.17) is 9.47 Å².